The number of nitrogens with zero attached hydrogens (tertiary/aromatic N) is 4. The van der Waals surface area contributed by atoms with Crippen molar-refractivity contribution in [2.24, 2.45) is 0 Å². The van der Waals surface area contributed by atoms with Gasteiger partial charge in [0, 0.05) is 5.56 Å². The second kappa shape index (κ2) is 5.20. The van der Waals surface area contributed by atoms with Crippen LogP contribution < -0.4 is 10.5 Å². The van der Waals surface area contributed by atoms with Crippen LogP contribution in [0.3, 0.4) is 0 Å². The SMILES string of the molecule is COc1ccccc1-n1nnnc1-c1ccc(F)c(N)c1. The molecule has 3 rings (SSSR count). The third-order valence-corrected chi connectivity index (χ3v) is 3.04. The number of tetrazole rings is 1. The molecule has 0 bridgehead atoms. The first-order chi connectivity index (χ1) is 10.2. The maximum absolute atomic E-state index is 13.3. The highest BCUT2D eigenvalue weighted by Crippen LogP contribution is 2.27. The number of hydrogen-bond acceptors (Lipinski definition) is 5. The molecule has 0 atom stereocenters. The number of anilines is 1. The van der Waals surface area contributed by atoms with Crippen LogP contribution in [0.4, 0.5) is 10.1 Å². The first kappa shape index (κ1) is 13.0. The summed E-state index contributed by atoms with van der Waals surface area (Å²) in [5, 5.41) is 11.6. The standard InChI is InChI=1S/C14H12FN5O/c1-21-13-5-3-2-4-12(13)20-14(17-18-19-20)9-6-7-10(15)11(16)8-9/h2-8H,16H2,1H3. The first-order valence-corrected chi connectivity index (χ1v) is 6.18. The molecule has 0 amide bonds. The molecular formula is C14H12FN5O. The van der Waals surface area contributed by atoms with Crippen LogP contribution in [0, 0.1) is 5.82 Å². The van der Waals surface area contributed by atoms with Gasteiger partial charge < -0.3 is 10.5 Å². The second-order valence-corrected chi connectivity index (χ2v) is 4.32. The van der Waals surface area contributed by atoms with E-state index in [0.717, 1.165) is 0 Å². The second-order valence-electron chi connectivity index (χ2n) is 4.32. The van der Waals surface area contributed by atoms with Gasteiger partial charge in [-0.1, -0.05) is 12.1 Å². The molecule has 3 aromatic rings. The van der Waals surface area contributed by atoms with E-state index in [2.05, 4.69) is 15.5 Å². The number of rotatable bonds is 3. The highest BCUT2D eigenvalue weighted by molar-refractivity contribution is 5.64. The number of para-hydroxylation sites is 2. The molecule has 0 spiro atoms. The molecule has 2 aromatic carbocycles. The Morgan fingerprint density at radius 1 is 1.19 bits per heavy atom. The zero-order chi connectivity index (χ0) is 14.8. The molecule has 2 N–H and O–H groups in total. The summed E-state index contributed by atoms with van der Waals surface area (Å²) in [6, 6.07) is 11.7. The zero-order valence-electron chi connectivity index (χ0n) is 11.2. The minimum atomic E-state index is -0.477. The van der Waals surface area contributed by atoms with E-state index >= 15 is 0 Å². The summed E-state index contributed by atoms with van der Waals surface area (Å²) in [5.41, 5.74) is 6.94. The maximum Gasteiger partial charge on any atom is 0.187 e. The number of hydrogen-bond donors (Lipinski definition) is 1. The molecule has 1 heterocycles. The average molecular weight is 285 g/mol. The van der Waals surface area contributed by atoms with Crippen molar-refractivity contribution in [3.8, 4) is 22.8 Å². The van der Waals surface area contributed by atoms with Gasteiger partial charge in [-0.05, 0) is 40.8 Å². The predicted molar refractivity (Wildman–Crippen MR) is 75.5 cm³/mol. The van der Waals surface area contributed by atoms with Crippen molar-refractivity contribution in [2.45, 2.75) is 0 Å². The summed E-state index contributed by atoms with van der Waals surface area (Å²) in [6.07, 6.45) is 0. The summed E-state index contributed by atoms with van der Waals surface area (Å²) in [6.45, 7) is 0. The molecule has 6 nitrogen and oxygen atoms in total. The fraction of sp³-hybridized carbons (Fsp3) is 0.0714. The summed E-state index contributed by atoms with van der Waals surface area (Å²) < 4.78 is 20.1. The number of nitrogens with two attached hydrogens (primary N) is 1. The molecule has 0 saturated heterocycles. The molecule has 0 unspecified atom stereocenters. The van der Waals surface area contributed by atoms with Crippen LogP contribution in [0.25, 0.3) is 17.1 Å². The number of aromatic nitrogens is 4. The van der Waals surface area contributed by atoms with E-state index in [1.807, 2.05) is 18.2 Å². The number of methoxy groups -OCH3 is 1. The molecule has 106 valence electrons. The summed E-state index contributed by atoms with van der Waals surface area (Å²) in [5.74, 6) is 0.599. The Kier molecular flexibility index (Phi) is 3.23. The van der Waals surface area contributed by atoms with Crippen LogP contribution in [-0.2, 0) is 0 Å². The minimum Gasteiger partial charge on any atom is -0.494 e. The Hall–Kier alpha value is -2.96. The van der Waals surface area contributed by atoms with Crippen molar-refractivity contribution >= 4 is 5.69 Å². The maximum atomic E-state index is 13.3. The zero-order valence-corrected chi connectivity index (χ0v) is 11.2. The lowest BCUT2D eigenvalue weighted by molar-refractivity contribution is 0.411. The van der Waals surface area contributed by atoms with Gasteiger partial charge in [0.2, 0.25) is 0 Å². The predicted octanol–water partition coefficient (Wildman–Crippen LogP) is 2.06. The van der Waals surface area contributed by atoms with E-state index in [-0.39, 0.29) is 5.69 Å². The van der Waals surface area contributed by atoms with E-state index in [1.54, 1.807) is 19.2 Å². The Morgan fingerprint density at radius 3 is 2.76 bits per heavy atom. The van der Waals surface area contributed by atoms with E-state index in [1.165, 1.54) is 16.8 Å². The molecular weight excluding hydrogens is 273 g/mol. The van der Waals surface area contributed by atoms with E-state index in [0.29, 0.717) is 22.8 Å². The third kappa shape index (κ3) is 2.29. The lowest BCUT2D eigenvalue weighted by Gasteiger charge is -2.09. The number of benzene rings is 2. The molecule has 0 aliphatic heterocycles. The van der Waals surface area contributed by atoms with Crippen molar-refractivity contribution < 1.29 is 9.13 Å². The van der Waals surface area contributed by atoms with Crippen LogP contribution in [-0.4, -0.2) is 27.3 Å². The number of nitrogen functional groups attached to an aromatic ring is 1. The van der Waals surface area contributed by atoms with Crippen molar-refractivity contribution in [1.29, 1.82) is 0 Å². The number of halogens is 1. The summed E-state index contributed by atoms with van der Waals surface area (Å²) in [4.78, 5) is 0. The fourth-order valence-electron chi connectivity index (χ4n) is 2.02. The monoisotopic (exact) mass is 285 g/mol. The van der Waals surface area contributed by atoms with Gasteiger partial charge in [0.05, 0.1) is 12.8 Å². The quantitative estimate of drug-likeness (QED) is 0.745. The smallest absolute Gasteiger partial charge is 0.187 e. The molecule has 0 aliphatic rings. The summed E-state index contributed by atoms with van der Waals surface area (Å²) >= 11 is 0. The van der Waals surface area contributed by atoms with Crippen molar-refractivity contribution in [3.05, 3.63) is 48.3 Å². The van der Waals surface area contributed by atoms with Crippen LogP contribution in [0.2, 0.25) is 0 Å². The Labute approximate surface area is 120 Å². The van der Waals surface area contributed by atoms with E-state index in [4.69, 9.17) is 10.5 Å². The lowest BCUT2D eigenvalue weighted by atomic mass is 10.2. The van der Waals surface area contributed by atoms with Crippen LogP contribution in [0.15, 0.2) is 42.5 Å². The van der Waals surface area contributed by atoms with Gasteiger partial charge in [-0.25, -0.2) is 4.39 Å². The highest BCUT2D eigenvalue weighted by Gasteiger charge is 2.15. The molecule has 0 radical (unpaired) electrons. The molecule has 0 saturated carbocycles. The Balaban J connectivity index is 2.15. The average Bonchev–Trinajstić information content (AvgIpc) is 2.99. The van der Waals surface area contributed by atoms with Crippen molar-refractivity contribution in [2.75, 3.05) is 12.8 Å². The van der Waals surface area contributed by atoms with Crippen LogP contribution in [0.1, 0.15) is 0 Å². The normalized spacial score (nSPS) is 10.6. The van der Waals surface area contributed by atoms with Crippen molar-refractivity contribution in [3.63, 3.8) is 0 Å². The minimum absolute atomic E-state index is 0.0436. The van der Waals surface area contributed by atoms with Crippen LogP contribution in [0.5, 0.6) is 5.75 Å². The highest BCUT2D eigenvalue weighted by atomic mass is 19.1. The van der Waals surface area contributed by atoms with Gasteiger partial charge >= 0.3 is 0 Å². The Morgan fingerprint density at radius 2 is 2.00 bits per heavy atom. The lowest BCUT2D eigenvalue weighted by Crippen LogP contribution is -2.03. The van der Waals surface area contributed by atoms with Crippen molar-refractivity contribution in [1.82, 2.24) is 20.2 Å². The molecule has 1 aromatic heterocycles. The topological polar surface area (TPSA) is 78.8 Å². The van der Waals surface area contributed by atoms with E-state index in [9.17, 15) is 4.39 Å². The van der Waals surface area contributed by atoms with Gasteiger partial charge in [0.15, 0.2) is 5.82 Å². The molecule has 0 fully saturated rings. The molecule has 0 aliphatic carbocycles. The number of ether oxygens (including phenoxy) is 1. The Bertz CT molecular complexity index is 787. The summed E-state index contributed by atoms with van der Waals surface area (Å²) in [7, 11) is 1.57. The largest absolute Gasteiger partial charge is 0.494 e. The van der Waals surface area contributed by atoms with Gasteiger partial charge in [-0.3, -0.25) is 0 Å². The van der Waals surface area contributed by atoms with Gasteiger partial charge in [0.25, 0.3) is 0 Å². The molecule has 21 heavy (non-hydrogen) atoms. The third-order valence-electron chi connectivity index (χ3n) is 3.04. The van der Waals surface area contributed by atoms with E-state index < -0.39 is 5.82 Å². The van der Waals surface area contributed by atoms with Gasteiger partial charge in [0.1, 0.15) is 17.3 Å². The fourth-order valence-corrected chi connectivity index (χ4v) is 2.02. The van der Waals surface area contributed by atoms with Gasteiger partial charge in [-0.15, -0.1) is 5.10 Å². The van der Waals surface area contributed by atoms with Crippen LogP contribution >= 0.6 is 0 Å². The molecule has 7 heteroatoms. The van der Waals surface area contributed by atoms with Gasteiger partial charge in [-0.2, -0.15) is 4.68 Å². The first-order valence-electron chi connectivity index (χ1n) is 6.18.